The van der Waals surface area contributed by atoms with Crippen molar-refractivity contribution in [1.29, 1.82) is 0 Å². The molecule has 0 aromatic heterocycles. The molecule has 0 aliphatic rings. The van der Waals surface area contributed by atoms with Gasteiger partial charge < -0.3 is 9.47 Å². The van der Waals surface area contributed by atoms with Crippen molar-refractivity contribution in [2.45, 2.75) is 4.90 Å². The molecule has 0 unspecified atom stereocenters. The second-order valence-corrected chi connectivity index (χ2v) is 7.69. The number of benzene rings is 2. The Kier molecular flexibility index (Phi) is 6.10. The van der Waals surface area contributed by atoms with Gasteiger partial charge >= 0.3 is 5.97 Å². The highest BCUT2D eigenvalue weighted by Gasteiger charge is 2.16. The zero-order valence-electron chi connectivity index (χ0n) is 12.7. The van der Waals surface area contributed by atoms with Crippen LogP contribution in [0.1, 0.15) is 10.4 Å². The van der Waals surface area contributed by atoms with Gasteiger partial charge in [-0.05, 0) is 36.4 Å². The second-order valence-electron chi connectivity index (χ2n) is 4.86. The summed E-state index contributed by atoms with van der Waals surface area (Å²) in [5, 5.41) is 0.595. The average Bonchev–Trinajstić information content (AvgIpc) is 2.50. The first kappa shape index (κ1) is 18.6. The van der Waals surface area contributed by atoms with Gasteiger partial charge in [0.15, 0.2) is 9.84 Å². The van der Waals surface area contributed by atoms with E-state index in [-0.39, 0.29) is 28.7 Å². The van der Waals surface area contributed by atoms with Crippen LogP contribution in [0, 0.1) is 0 Å². The standard InChI is InChI=1S/C16H14Cl2O5S/c1-24(20,21)15-9-11(5-6-14(15)18)16(19)23-8-7-22-13-4-2-3-12(17)10-13/h2-6,9-10H,7-8H2,1H3. The van der Waals surface area contributed by atoms with Crippen LogP contribution in [0.2, 0.25) is 10.0 Å². The van der Waals surface area contributed by atoms with Crippen LogP contribution < -0.4 is 4.74 Å². The van der Waals surface area contributed by atoms with Gasteiger partial charge in [-0.25, -0.2) is 13.2 Å². The SMILES string of the molecule is CS(=O)(=O)c1cc(C(=O)OCCOc2cccc(Cl)c2)ccc1Cl. The quantitative estimate of drug-likeness (QED) is 0.558. The topological polar surface area (TPSA) is 69.7 Å². The Morgan fingerprint density at radius 2 is 1.83 bits per heavy atom. The monoisotopic (exact) mass is 388 g/mol. The third kappa shape index (κ3) is 5.12. The molecule has 0 atom stereocenters. The molecule has 2 aromatic carbocycles. The van der Waals surface area contributed by atoms with E-state index in [9.17, 15) is 13.2 Å². The van der Waals surface area contributed by atoms with E-state index in [0.717, 1.165) is 6.26 Å². The highest BCUT2D eigenvalue weighted by Crippen LogP contribution is 2.23. The lowest BCUT2D eigenvalue weighted by Crippen LogP contribution is -2.13. The predicted octanol–water partition coefficient (Wildman–Crippen LogP) is 3.63. The van der Waals surface area contributed by atoms with E-state index in [2.05, 4.69) is 0 Å². The summed E-state index contributed by atoms with van der Waals surface area (Å²) in [5.41, 5.74) is 0.0996. The first-order chi connectivity index (χ1) is 11.3. The van der Waals surface area contributed by atoms with Gasteiger partial charge in [-0.15, -0.1) is 0 Å². The van der Waals surface area contributed by atoms with Crippen LogP contribution >= 0.6 is 23.2 Å². The van der Waals surface area contributed by atoms with Crippen LogP contribution in [0.3, 0.4) is 0 Å². The fourth-order valence-electron chi connectivity index (χ4n) is 1.85. The number of esters is 1. The summed E-state index contributed by atoms with van der Waals surface area (Å²) in [5.74, 6) is -0.101. The number of ether oxygens (including phenoxy) is 2. The van der Waals surface area contributed by atoms with Gasteiger partial charge in [0.25, 0.3) is 0 Å². The Bertz CT molecular complexity index is 849. The smallest absolute Gasteiger partial charge is 0.338 e. The number of sulfone groups is 1. The molecule has 5 nitrogen and oxygen atoms in total. The van der Waals surface area contributed by atoms with E-state index in [1.54, 1.807) is 24.3 Å². The third-order valence-electron chi connectivity index (χ3n) is 2.95. The fourth-order valence-corrected chi connectivity index (χ4v) is 3.33. The van der Waals surface area contributed by atoms with Gasteiger partial charge in [0, 0.05) is 11.3 Å². The molecule has 0 bridgehead atoms. The minimum Gasteiger partial charge on any atom is -0.490 e. The summed E-state index contributed by atoms with van der Waals surface area (Å²) in [6.07, 6.45) is 1.02. The first-order valence-electron chi connectivity index (χ1n) is 6.82. The zero-order valence-corrected chi connectivity index (χ0v) is 15.0. The van der Waals surface area contributed by atoms with Crippen LogP contribution in [0.25, 0.3) is 0 Å². The maximum absolute atomic E-state index is 12.0. The summed E-state index contributed by atoms with van der Waals surface area (Å²) in [6, 6.07) is 10.8. The van der Waals surface area contributed by atoms with Crippen LogP contribution in [0.5, 0.6) is 5.75 Å². The molecule has 0 spiro atoms. The normalized spacial score (nSPS) is 11.1. The molecule has 0 amide bonds. The molecule has 2 aromatic rings. The minimum atomic E-state index is -3.53. The molecule has 0 saturated carbocycles. The van der Waals surface area contributed by atoms with Crippen molar-refractivity contribution in [2.24, 2.45) is 0 Å². The van der Waals surface area contributed by atoms with Gasteiger partial charge in [-0.2, -0.15) is 0 Å². The van der Waals surface area contributed by atoms with Gasteiger partial charge in [-0.1, -0.05) is 29.3 Å². The molecular weight excluding hydrogens is 375 g/mol. The number of hydrogen-bond donors (Lipinski definition) is 0. The van der Waals surface area contributed by atoms with E-state index in [1.165, 1.54) is 18.2 Å². The molecule has 0 aliphatic heterocycles. The lowest BCUT2D eigenvalue weighted by molar-refractivity contribution is 0.0450. The second kappa shape index (κ2) is 7.88. The molecule has 0 heterocycles. The highest BCUT2D eigenvalue weighted by atomic mass is 35.5. The summed E-state index contributed by atoms with van der Waals surface area (Å²) in [6.45, 7) is 0.140. The van der Waals surface area contributed by atoms with Gasteiger partial charge in [0.05, 0.1) is 15.5 Å². The maximum Gasteiger partial charge on any atom is 0.338 e. The van der Waals surface area contributed by atoms with Crippen molar-refractivity contribution in [1.82, 2.24) is 0 Å². The van der Waals surface area contributed by atoms with E-state index in [1.807, 2.05) is 0 Å². The summed E-state index contributed by atoms with van der Waals surface area (Å²) >= 11 is 11.7. The Morgan fingerprint density at radius 3 is 2.50 bits per heavy atom. The van der Waals surface area contributed by atoms with Crippen molar-refractivity contribution in [3.8, 4) is 5.75 Å². The molecule has 8 heteroatoms. The molecular formula is C16H14Cl2O5S. The molecule has 0 N–H and O–H groups in total. The number of hydrogen-bond acceptors (Lipinski definition) is 5. The molecule has 0 fully saturated rings. The molecule has 0 saturated heterocycles. The fraction of sp³-hybridized carbons (Fsp3) is 0.188. The largest absolute Gasteiger partial charge is 0.490 e. The van der Waals surface area contributed by atoms with Crippen LogP contribution in [-0.4, -0.2) is 33.9 Å². The van der Waals surface area contributed by atoms with Crippen molar-refractivity contribution >= 4 is 39.0 Å². The Balaban J connectivity index is 1.93. The third-order valence-corrected chi connectivity index (χ3v) is 4.76. The molecule has 0 radical (unpaired) electrons. The van der Waals surface area contributed by atoms with E-state index in [0.29, 0.717) is 10.8 Å². The predicted molar refractivity (Wildman–Crippen MR) is 91.8 cm³/mol. The number of carbonyl (C=O) groups excluding carboxylic acids is 1. The highest BCUT2D eigenvalue weighted by molar-refractivity contribution is 7.90. The first-order valence-corrected chi connectivity index (χ1v) is 9.47. The van der Waals surface area contributed by atoms with Gasteiger partial charge in [0.2, 0.25) is 0 Å². The summed E-state index contributed by atoms with van der Waals surface area (Å²) in [7, 11) is -3.53. The summed E-state index contributed by atoms with van der Waals surface area (Å²) in [4.78, 5) is 11.8. The molecule has 24 heavy (non-hydrogen) atoms. The van der Waals surface area contributed by atoms with Gasteiger partial charge in [0.1, 0.15) is 19.0 Å². The van der Waals surface area contributed by atoms with Crippen LogP contribution in [0.15, 0.2) is 47.4 Å². The Hall–Kier alpha value is -1.76. The Morgan fingerprint density at radius 1 is 1.08 bits per heavy atom. The van der Waals surface area contributed by atoms with Gasteiger partial charge in [-0.3, -0.25) is 0 Å². The van der Waals surface area contributed by atoms with E-state index < -0.39 is 15.8 Å². The van der Waals surface area contributed by atoms with Crippen LogP contribution in [0.4, 0.5) is 0 Å². The van der Waals surface area contributed by atoms with Crippen molar-refractivity contribution in [2.75, 3.05) is 19.5 Å². The lowest BCUT2D eigenvalue weighted by Gasteiger charge is -2.09. The summed E-state index contributed by atoms with van der Waals surface area (Å²) < 4.78 is 33.7. The van der Waals surface area contributed by atoms with Crippen molar-refractivity contribution in [3.63, 3.8) is 0 Å². The molecule has 0 aliphatic carbocycles. The number of rotatable bonds is 6. The minimum absolute atomic E-state index is 0.00216. The average molecular weight is 389 g/mol. The molecule has 2 rings (SSSR count). The number of carbonyl (C=O) groups is 1. The van der Waals surface area contributed by atoms with E-state index >= 15 is 0 Å². The maximum atomic E-state index is 12.0. The molecule has 128 valence electrons. The van der Waals surface area contributed by atoms with Crippen molar-refractivity contribution in [3.05, 3.63) is 58.1 Å². The Labute approximate surface area is 150 Å². The zero-order chi connectivity index (χ0) is 17.7. The van der Waals surface area contributed by atoms with Crippen molar-refractivity contribution < 1.29 is 22.7 Å². The van der Waals surface area contributed by atoms with E-state index in [4.69, 9.17) is 32.7 Å². The van der Waals surface area contributed by atoms with Crippen LogP contribution in [-0.2, 0) is 14.6 Å². The number of halogens is 2. The lowest BCUT2D eigenvalue weighted by atomic mass is 10.2.